The molecule has 4 heteroatoms. The maximum absolute atomic E-state index is 12.2. The highest BCUT2D eigenvalue weighted by Crippen LogP contribution is 2.46. The number of fused-ring (bicyclic) bond motifs is 1. The van der Waals surface area contributed by atoms with E-state index in [0.717, 1.165) is 29.2 Å². The molecule has 1 N–H and O–H groups in total. The molecule has 1 aliphatic rings. The normalized spacial score (nSPS) is 17.2. The van der Waals surface area contributed by atoms with E-state index in [2.05, 4.69) is 52.8 Å². The van der Waals surface area contributed by atoms with Crippen LogP contribution >= 0.6 is 0 Å². The van der Waals surface area contributed by atoms with Crippen LogP contribution in [0.5, 0.6) is 0 Å². The summed E-state index contributed by atoms with van der Waals surface area (Å²) < 4.78 is 5.11. The fourth-order valence-corrected chi connectivity index (χ4v) is 4.59. The van der Waals surface area contributed by atoms with Crippen molar-refractivity contribution in [2.24, 2.45) is 0 Å². The van der Waals surface area contributed by atoms with Crippen molar-refractivity contribution in [3.63, 3.8) is 0 Å². The van der Waals surface area contributed by atoms with Crippen molar-refractivity contribution in [2.75, 3.05) is 6.61 Å². The lowest BCUT2D eigenvalue weighted by Crippen LogP contribution is -2.33. The Morgan fingerprint density at radius 2 is 1.54 bits per heavy atom. The predicted molar refractivity (Wildman–Crippen MR) is 143 cm³/mol. The molecule has 35 heavy (non-hydrogen) atoms. The Labute approximate surface area is 209 Å². The average molecular weight is 473 g/mol. The van der Waals surface area contributed by atoms with Gasteiger partial charge in [0, 0.05) is 6.08 Å². The lowest BCUT2D eigenvalue weighted by atomic mass is 9.63. The van der Waals surface area contributed by atoms with Crippen LogP contribution in [0.3, 0.4) is 0 Å². The van der Waals surface area contributed by atoms with Crippen LogP contribution in [0.2, 0.25) is 0 Å². The fourth-order valence-electron chi connectivity index (χ4n) is 4.59. The third-order valence-corrected chi connectivity index (χ3v) is 6.93. The van der Waals surface area contributed by atoms with Crippen molar-refractivity contribution in [3.8, 4) is 0 Å². The molecule has 0 spiro atoms. The van der Waals surface area contributed by atoms with E-state index in [1.165, 1.54) is 17.5 Å². The molecule has 0 radical (unpaired) electrons. The van der Waals surface area contributed by atoms with Crippen molar-refractivity contribution in [1.82, 2.24) is 0 Å². The number of hydrogen-bond acceptors (Lipinski definition) is 3. The number of carboxylic acids is 1. The van der Waals surface area contributed by atoms with Crippen LogP contribution in [0, 0.1) is 0 Å². The van der Waals surface area contributed by atoms with E-state index in [9.17, 15) is 14.7 Å². The summed E-state index contributed by atoms with van der Waals surface area (Å²) in [5, 5.41) is 9.18. The summed E-state index contributed by atoms with van der Waals surface area (Å²) in [6.45, 7) is 13.4. The number of esters is 1. The van der Waals surface area contributed by atoms with Crippen molar-refractivity contribution in [1.29, 1.82) is 0 Å². The first-order chi connectivity index (χ1) is 16.4. The van der Waals surface area contributed by atoms with Crippen LogP contribution in [-0.4, -0.2) is 23.7 Å². The summed E-state index contributed by atoms with van der Waals surface area (Å²) in [5.41, 5.74) is 7.20. The molecule has 0 aliphatic heterocycles. The van der Waals surface area contributed by atoms with Crippen LogP contribution in [0.1, 0.15) is 87.0 Å². The van der Waals surface area contributed by atoms with Gasteiger partial charge >= 0.3 is 11.9 Å². The first kappa shape index (κ1) is 26.2. The number of carbonyl (C=O) groups is 2. The van der Waals surface area contributed by atoms with Gasteiger partial charge in [0.15, 0.2) is 0 Å². The Morgan fingerprint density at radius 1 is 0.886 bits per heavy atom. The monoisotopic (exact) mass is 472 g/mol. The van der Waals surface area contributed by atoms with Crippen molar-refractivity contribution in [2.45, 2.75) is 65.2 Å². The highest BCUT2D eigenvalue weighted by molar-refractivity contribution is 5.92. The minimum Gasteiger partial charge on any atom is -0.478 e. The first-order valence-electron chi connectivity index (χ1n) is 12.2. The second kappa shape index (κ2) is 10.5. The SMILES string of the molecule is CCOC(=O)c1cccc(C(C=CC(=O)O)=C/C=C(\C)c2ccc3c(c2)C(C)(C)CCC3(C)C)c1. The smallest absolute Gasteiger partial charge is 0.338 e. The van der Waals surface area contributed by atoms with Crippen molar-refractivity contribution in [3.05, 3.63) is 94.6 Å². The summed E-state index contributed by atoms with van der Waals surface area (Å²) in [4.78, 5) is 23.4. The Morgan fingerprint density at radius 3 is 2.20 bits per heavy atom. The van der Waals surface area contributed by atoms with Crippen LogP contribution in [-0.2, 0) is 20.4 Å². The highest BCUT2D eigenvalue weighted by atomic mass is 16.5. The zero-order chi connectivity index (χ0) is 25.8. The minimum absolute atomic E-state index is 0.125. The molecule has 1 aliphatic carbocycles. The van der Waals surface area contributed by atoms with Gasteiger partial charge in [-0.2, -0.15) is 0 Å². The highest BCUT2D eigenvalue weighted by Gasteiger charge is 2.36. The molecule has 0 aromatic heterocycles. The van der Waals surface area contributed by atoms with E-state index in [4.69, 9.17) is 4.74 Å². The van der Waals surface area contributed by atoms with Gasteiger partial charge in [0.25, 0.3) is 0 Å². The van der Waals surface area contributed by atoms with Crippen LogP contribution in [0.25, 0.3) is 11.1 Å². The molecule has 4 nitrogen and oxygen atoms in total. The number of carbonyl (C=O) groups excluding carboxylic acids is 1. The number of carboxylic acid groups (broad SMARTS) is 1. The Hall–Kier alpha value is -3.40. The van der Waals surface area contributed by atoms with Gasteiger partial charge in [0.05, 0.1) is 12.2 Å². The predicted octanol–water partition coefficient (Wildman–Crippen LogP) is 7.34. The van der Waals surface area contributed by atoms with E-state index < -0.39 is 11.9 Å². The summed E-state index contributed by atoms with van der Waals surface area (Å²) in [6.07, 6.45) is 8.88. The minimum atomic E-state index is -1.03. The van der Waals surface area contributed by atoms with Gasteiger partial charge in [-0.3, -0.25) is 0 Å². The van der Waals surface area contributed by atoms with Crippen molar-refractivity contribution < 1.29 is 19.4 Å². The molecule has 0 saturated heterocycles. The largest absolute Gasteiger partial charge is 0.478 e. The van der Waals surface area contributed by atoms with Gasteiger partial charge < -0.3 is 9.84 Å². The summed E-state index contributed by atoms with van der Waals surface area (Å²) >= 11 is 0. The van der Waals surface area contributed by atoms with Gasteiger partial charge in [0.2, 0.25) is 0 Å². The Bertz CT molecular complexity index is 1210. The second-order valence-corrected chi connectivity index (χ2v) is 10.5. The molecule has 2 aromatic rings. The molecular formula is C31H36O4. The number of rotatable bonds is 7. The number of ether oxygens (including phenoxy) is 1. The molecule has 0 amide bonds. The third-order valence-electron chi connectivity index (χ3n) is 6.93. The Balaban J connectivity index is 2.02. The first-order valence-corrected chi connectivity index (χ1v) is 12.2. The molecule has 0 heterocycles. The maximum Gasteiger partial charge on any atom is 0.338 e. The van der Waals surface area contributed by atoms with Gasteiger partial charge in [0.1, 0.15) is 0 Å². The number of allylic oxidation sites excluding steroid dienone is 5. The maximum atomic E-state index is 12.2. The van der Waals surface area contributed by atoms with Gasteiger partial charge in [-0.1, -0.05) is 70.2 Å². The van der Waals surface area contributed by atoms with Crippen LogP contribution < -0.4 is 0 Å². The molecule has 0 saturated carbocycles. The van der Waals surface area contributed by atoms with Crippen LogP contribution in [0.4, 0.5) is 0 Å². The topological polar surface area (TPSA) is 63.6 Å². The number of benzene rings is 2. The fraction of sp³-hybridized carbons (Fsp3) is 0.355. The van der Waals surface area contributed by atoms with E-state index in [1.54, 1.807) is 31.2 Å². The third kappa shape index (κ3) is 6.19. The van der Waals surface area contributed by atoms with Gasteiger partial charge in [-0.15, -0.1) is 0 Å². The Kier molecular flexibility index (Phi) is 7.84. The standard InChI is InChI=1S/C31H36O4/c1-7-35-29(34)25-10-8-9-24(19-25)22(14-16-28(32)33)12-11-21(2)23-13-15-26-27(20-23)31(5,6)18-17-30(26,3)4/h8-16,19-20H,7,17-18H2,1-6H3,(H,32,33)/b16-14?,21-11+,22-12?. The zero-order valence-corrected chi connectivity index (χ0v) is 21.6. The molecule has 2 aromatic carbocycles. The lowest BCUT2D eigenvalue weighted by Gasteiger charge is -2.42. The molecular weight excluding hydrogens is 436 g/mol. The molecule has 184 valence electrons. The van der Waals surface area contributed by atoms with E-state index >= 15 is 0 Å². The second-order valence-electron chi connectivity index (χ2n) is 10.5. The molecule has 0 unspecified atom stereocenters. The summed E-state index contributed by atoms with van der Waals surface area (Å²) in [5.74, 6) is -1.43. The van der Waals surface area contributed by atoms with E-state index in [0.29, 0.717) is 17.7 Å². The lowest BCUT2D eigenvalue weighted by molar-refractivity contribution is -0.131. The zero-order valence-electron chi connectivity index (χ0n) is 21.6. The summed E-state index contributed by atoms with van der Waals surface area (Å²) in [7, 11) is 0. The number of hydrogen-bond donors (Lipinski definition) is 1. The van der Waals surface area contributed by atoms with E-state index in [-0.39, 0.29) is 10.8 Å². The average Bonchev–Trinajstić information content (AvgIpc) is 2.82. The summed E-state index contributed by atoms with van der Waals surface area (Å²) in [6, 6.07) is 13.8. The molecule has 0 bridgehead atoms. The van der Waals surface area contributed by atoms with Crippen molar-refractivity contribution >= 4 is 23.1 Å². The molecule has 0 fully saturated rings. The molecule has 0 atom stereocenters. The quantitative estimate of drug-likeness (QED) is 0.260. The van der Waals surface area contributed by atoms with Gasteiger partial charge in [-0.25, -0.2) is 9.59 Å². The van der Waals surface area contributed by atoms with Crippen LogP contribution in [0.15, 0.2) is 66.8 Å². The van der Waals surface area contributed by atoms with E-state index in [1.807, 2.05) is 18.2 Å². The van der Waals surface area contributed by atoms with Gasteiger partial charge in [-0.05, 0) is 89.1 Å². The molecule has 3 rings (SSSR count). The number of aliphatic carboxylic acids is 1.